The predicted octanol–water partition coefficient (Wildman–Crippen LogP) is 1.72. The van der Waals surface area contributed by atoms with Crippen molar-refractivity contribution in [1.29, 1.82) is 0 Å². The minimum Gasteiger partial charge on any atom is -0.481 e. The molecule has 0 aromatic heterocycles. The van der Waals surface area contributed by atoms with Gasteiger partial charge in [0.15, 0.2) is 5.82 Å². The molecule has 2 saturated heterocycles. The van der Waals surface area contributed by atoms with Crippen molar-refractivity contribution in [1.82, 2.24) is 4.90 Å². The summed E-state index contributed by atoms with van der Waals surface area (Å²) in [5, 5.41) is 19.6. The molecule has 7 nitrogen and oxygen atoms in total. The van der Waals surface area contributed by atoms with Gasteiger partial charge in [-0.1, -0.05) is 0 Å². The normalized spacial score (nSPS) is 20.3. The van der Waals surface area contributed by atoms with E-state index in [4.69, 9.17) is 5.11 Å². The van der Waals surface area contributed by atoms with Gasteiger partial charge < -0.3 is 10.0 Å². The van der Waals surface area contributed by atoms with E-state index in [1.807, 2.05) is 4.90 Å². The Morgan fingerprint density at radius 2 is 1.96 bits per heavy atom. The Kier molecular flexibility index (Phi) is 4.16. The molecule has 0 unspecified atom stereocenters. The van der Waals surface area contributed by atoms with Crippen LogP contribution in [0.4, 0.5) is 15.8 Å². The zero-order valence-corrected chi connectivity index (χ0v) is 12.5. The summed E-state index contributed by atoms with van der Waals surface area (Å²) in [6, 6.07) is 4.06. The SMILES string of the molecule is O=C(O)C1CN(C2CCN(c3ccc([N+](=O)[O-])cc3F)CC2)C1. The van der Waals surface area contributed by atoms with Crippen molar-refractivity contribution in [3.8, 4) is 0 Å². The lowest BCUT2D eigenvalue weighted by atomic mass is 9.93. The Hall–Kier alpha value is -2.22. The number of carbonyl (C=O) groups is 1. The largest absolute Gasteiger partial charge is 0.481 e. The molecular formula is C15H18FN3O4. The summed E-state index contributed by atoms with van der Waals surface area (Å²) in [7, 11) is 0. The number of nitro benzene ring substituents is 1. The van der Waals surface area contributed by atoms with E-state index in [0.717, 1.165) is 18.9 Å². The summed E-state index contributed by atoms with van der Waals surface area (Å²) in [5.41, 5.74) is 0.141. The predicted molar refractivity (Wildman–Crippen MR) is 81.0 cm³/mol. The third-order valence-electron chi connectivity index (χ3n) is 4.72. The van der Waals surface area contributed by atoms with Crippen molar-refractivity contribution in [2.75, 3.05) is 31.1 Å². The minimum absolute atomic E-state index is 0.249. The number of carboxylic acid groups (broad SMARTS) is 1. The van der Waals surface area contributed by atoms with Crippen molar-refractivity contribution >= 4 is 17.3 Å². The molecule has 124 valence electrons. The highest BCUT2D eigenvalue weighted by atomic mass is 19.1. The van der Waals surface area contributed by atoms with Gasteiger partial charge in [-0.05, 0) is 18.9 Å². The van der Waals surface area contributed by atoms with Crippen molar-refractivity contribution in [3.05, 3.63) is 34.1 Å². The second kappa shape index (κ2) is 6.11. The van der Waals surface area contributed by atoms with Gasteiger partial charge in [-0.15, -0.1) is 0 Å². The van der Waals surface area contributed by atoms with Crippen LogP contribution in [-0.4, -0.2) is 53.1 Å². The topological polar surface area (TPSA) is 86.9 Å². The van der Waals surface area contributed by atoms with Gasteiger partial charge in [0.1, 0.15) is 0 Å². The summed E-state index contributed by atoms with van der Waals surface area (Å²) in [6.45, 7) is 2.50. The highest BCUT2D eigenvalue weighted by Crippen LogP contribution is 2.30. The second-order valence-corrected chi connectivity index (χ2v) is 6.10. The molecule has 0 bridgehead atoms. The van der Waals surface area contributed by atoms with Crippen LogP contribution in [0.3, 0.4) is 0 Å². The number of nitro groups is 1. The van der Waals surface area contributed by atoms with Crippen LogP contribution in [0.5, 0.6) is 0 Å². The monoisotopic (exact) mass is 323 g/mol. The molecule has 2 fully saturated rings. The molecule has 1 aromatic rings. The molecule has 0 atom stereocenters. The van der Waals surface area contributed by atoms with E-state index in [-0.39, 0.29) is 11.6 Å². The molecule has 0 radical (unpaired) electrons. The van der Waals surface area contributed by atoms with Crippen LogP contribution in [0, 0.1) is 21.8 Å². The van der Waals surface area contributed by atoms with Gasteiger partial charge in [0, 0.05) is 38.3 Å². The van der Waals surface area contributed by atoms with Crippen LogP contribution in [0.15, 0.2) is 18.2 Å². The van der Waals surface area contributed by atoms with E-state index >= 15 is 0 Å². The number of non-ortho nitro benzene ring substituents is 1. The fourth-order valence-corrected chi connectivity index (χ4v) is 3.30. The first-order valence-electron chi connectivity index (χ1n) is 7.61. The molecule has 1 N–H and O–H groups in total. The Morgan fingerprint density at radius 3 is 2.48 bits per heavy atom. The Balaban J connectivity index is 1.57. The molecule has 0 spiro atoms. The summed E-state index contributed by atoms with van der Waals surface area (Å²) in [6.07, 6.45) is 1.67. The molecule has 2 aliphatic heterocycles. The zero-order valence-electron chi connectivity index (χ0n) is 12.5. The van der Waals surface area contributed by atoms with Gasteiger partial charge in [0.2, 0.25) is 0 Å². The number of hydrogen-bond acceptors (Lipinski definition) is 5. The molecule has 0 saturated carbocycles. The van der Waals surface area contributed by atoms with Gasteiger partial charge in [-0.3, -0.25) is 19.8 Å². The lowest BCUT2D eigenvalue weighted by molar-refractivity contribution is -0.385. The van der Waals surface area contributed by atoms with Crippen molar-refractivity contribution in [2.45, 2.75) is 18.9 Å². The Bertz CT molecular complexity index is 625. The highest BCUT2D eigenvalue weighted by molar-refractivity contribution is 5.71. The van der Waals surface area contributed by atoms with Crippen LogP contribution in [0.2, 0.25) is 0 Å². The average molecular weight is 323 g/mol. The number of benzene rings is 1. The molecule has 1 aromatic carbocycles. The third-order valence-corrected chi connectivity index (χ3v) is 4.72. The highest BCUT2D eigenvalue weighted by Gasteiger charge is 2.37. The van der Waals surface area contributed by atoms with Gasteiger partial charge in [-0.2, -0.15) is 0 Å². The maximum Gasteiger partial charge on any atom is 0.309 e. The summed E-state index contributed by atoms with van der Waals surface area (Å²) in [4.78, 5) is 24.9. The first-order chi connectivity index (χ1) is 11.0. The quantitative estimate of drug-likeness (QED) is 0.670. The molecule has 8 heteroatoms. The number of aliphatic carboxylic acids is 1. The van der Waals surface area contributed by atoms with Crippen LogP contribution in [0.25, 0.3) is 0 Å². The van der Waals surface area contributed by atoms with Crippen LogP contribution < -0.4 is 4.90 Å². The first kappa shape index (κ1) is 15.7. The first-order valence-corrected chi connectivity index (χ1v) is 7.61. The summed E-state index contributed by atoms with van der Waals surface area (Å²) >= 11 is 0. The van der Waals surface area contributed by atoms with Crippen LogP contribution in [0.1, 0.15) is 12.8 Å². The van der Waals surface area contributed by atoms with E-state index in [1.54, 1.807) is 0 Å². The van der Waals surface area contributed by atoms with Crippen molar-refractivity contribution in [3.63, 3.8) is 0 Å². The van der Waals surface area contributed by atoms with Gasteiger partial charge in [0.05, 0.1) is 22.6 Å². The standard InChI is InChI=1S/C15H18FN3O4/c16-13-7-12(19(22)23)1-2-14(13)17-5-3-11(4-6-17)18-8-10(9-18)15(20)21/h1-2,7,10-11H,3-6,8-9H2,(H,20,21). The second-order valence-electron chi connectivity index (χ2n) is 6.10. The number of halogens is 1. The minimum atomic E-state index is -0.744. The van der Waals surface area contributed by atoms with Crippen molar-refractivity contribution in [2.24, 2.45) is 5.92 Å². The number of nitrogens with zero attached hydrogens (tertiary/aromatic N) is 3. The number of likely N-dealkylation sites (tertiary alicyclic amines) is 1. The zero-order chi connectivity index (χ0) is 16.6. The maximum absolute atomic E-state index is 14.0. The number of hydrogen-bond donors (Lipinski definition) is 1. The summed E-state index contributed by atoms with van der Waals surface area (Å²) in [5.74, 6) is -1.58. The van der Waals surface area contributed by atoms with Crippen LogP contribution >= 0.6 is 0 Å². The maximum atomic E-state index is 14.0. The molecular weight excluding hydrogens is 305 g/mol. The molecule has 3 rings (SSSR count). The van der Waals surface area contributed by atoms with E-state index in [1.165, 1.54) is 12.1 Å². The van der Waals surface area contributed by atoms with Gasteiger partial charge in [0.25, 0.3) is 5.69 Å². The fraction of sp³-hybridized carbons (Fsp3) is 0.533. The van der Waals surface area contributed by atoms with E-state index in [9.17, 15) is 19.3 Å². The number of rotatable bonds is 4. The summed E-state index contributed by atoms with van der Waals surface area (Å²) < 4.78 is 14.0. The lowest BCUT2D eigenvalue weighted by Gasteiger charge is -2.46. The Morgan fingerprint density at radius 1 is 1.30 bits per heavy atom. The molecule has 0 aliphatic carbocycles. The van der Waals surface area contributed by atoms with E-state index < -0.39 is 16.7 Å². The van der Waals surface area contributed by atoms with Crippen LogP contribution in [-0.2, 0) is 4.79 Å². The van der Waals surface area contributed by atoms with E-state index in [2.05, 4.69) is 4.90 Å². The molecule has 23 heavy (non-hydrogen) atoms. The average Bonchev–Trinajstić information content (AvgIpc) is 2.46. The number of anilines is 1. The lowest BCUT2D eigenvalue weighted by Crippen LogP contribution is -2.57. The Labute approximate surface area is 132 Å². The number of carboxylic acids is 1. The number of piperidine rings is 1. The third kappa shape index (κ3) is 3.12. The van der Waals surface area contributed by atoms with Gasteiger partial charge in [-0.25, -0.2) is 4.39 Å². The molecule has 0 amide bonds. The van der Waals surface area contributed by atoms with Crippen molar-refractivity contribution < 1.29 is 19.2 Å². The molecule has 2 aliphatic rings. The van der Waals surface area contributed by atoms with E-state index in [0.29, 0.717) is 37.9 Å². The fourth-order valence-electron chi connectivity index (χ4n) is 3.30. The molecule has 2 heterocycles. The van der Waals surface area contributed by atoms with Gasteiger partial charge >= 0.3 is 5.97 Å². The smallest absolute Gasteiger partial charge is 0.309 e.